The lowest BCUT2D eigenvalue weighted by Gasteiger charge is -2.02. The minimum absolute atomic E-state index is 0.0119. The highest BCUT2D eigenvalue weighted by atomic mass is 16.5. The monoisotopic (exact) mass is 233 g/mol. The number of aromatic nitrogens is 1. The Morgan fingerprint density at radius 1 is 1.53 bits per heavy atom. The van der Waals surface area contributed by atoms with Crippen molar-refractivity contribution in [3.8, 4) is 11.5 Å². The summed E-state index contributed by atoms with van der Waals surface area (Å²) in [4.78, 5) is 25.9. The Morgan fingerprint density at radius 3 is 2.94 bits per heavy atom. The summed E-state index contributed by atoms with van der Waals surface area (Å²) in [7, 11) is 0. The second-order valence-electron chi connectivity index (χ2n) is 3.32. The van der Waals surface area contributed by atoms with E-state index in [9.17, 15) is 9.59 Å². The van der Waals surface area contributed by atoms with E-state index in [4.69, 9.17) is 9.15 Å². The van der Waals surface area contributed by atoms with E-state index in [1.165, 1.54) is 18.5 Å². The Balaban J connectivity index is 2.36. The zero-order valence-electron chi connectivity index (χ0n) is 9.23. The summed E-state index contributed by atoms with van der Waals surface area (Å²) in [6.45, 7) is 1.92. The maximum atomic E-state index is 11.7. The number of esters is 1. The van der Waals surface area contributed by atoms with Gasteiger partial charge < -0.3 is 14.1 Å². The van der Waals surface area contributed by atoms with Crippen molar-refractivity contribution in [1.82, 2.24) is 4.98 Å². The lowest BCUT2D eigenvalue weighted by atomic mass is 10.2. The maximum Gasteiger partial charge on any atom is 0.343 e. The molecular formula is C12H11NO4. The number of rotatable bonds is 3. The smallest absolute Gasteiger partial charge is 0.343 e. The number of carbonyl (C=O) groups excluding carboxylic acids is 1. The van der Waals surface area contributed by atoms with Crippen LogP contribution in [0.1, 0.15) is 17.3 Å². The van der Waals surface area contributed by atoms with Crippen LogP contribution in [0.4, 0.5) is 0 Å². The van der Waals surface area contributed by atoms with E-state index in [1.54, 1.807) is 19.1 Å². The molecule has 0 atom stereocenters. The largest absolute Gasteiger partial charge is 0.463 e. The van der Waals surface area contributed by atoms with Crippen LogP contribution in [0.25, 0.3) is 11.5 Å². The molecule has 0 saturated heterocycles. The van der Waals surface area contributed by atoms with E-state index in [2.05, 4.69) is 4.98 Å². The fraction of sp³-hybridized carbons (Fsp3) is 0.167. The first-order valence-corrected chi connectivity index (χ1v) is 5.16. The van der Waals surface area contributed by atoms with Gasteiger partial charge in [0.15, 0.2) is 5.43 Å². The number of carbonyl (C=O) groups is 1. The van der Waals surface area contributed by atoms with Gasteiger partial charge in [-0.15, -0.1) is 0 Å². The van der Waals surface area contributed by atoms with Gasteiger partial charge in [0.05, 0.1) is 18.6 Å². The molecule has 0 aliphatic heterocycles. The summed E-state index contributed by atoms with van der Waals surface area (Å²) in [6.07, 6.45) is 2.84. The molecule has 0 fully saturated rings. The van der Waals surface area contributed by atoms with Gasteiger partial charge in [-0.1, -0.05) is 0 Å². The molecule has 5 nitrogen and oxygen atoms in total. The molecule has 0 unspecified atom stereocenters. The zero-order chi connectivity index (χ0) is 12.3. The van der Waals surface area contributed by atoms with Crippen molar-refractivity contribution in [3.63, 3.8) is 0 Å². The number of hydrogen-bond acceptors (Lipinski definition) is 4. The Labute approximate surface area is 97.0 Å². The Hall–Kier alpha value is -2.30. The fourth-order valence-corrected chi connectivity index (χ4v) is 1.41. The Bertz CT molecular complexity index is 568. The summed E-state index contributed by atoms with van der Waals surface area (Å²) in [6, 6.07) is 4.74. The second-order valence-corrected chi connectivity index (χ2v) is 3.32. The second kappa shape index (κ2) is 4.69. The first-order valence-electron chi connectivity index (χ1n) is 5.16. The Morgan fingerprint density at radius 2 is 2.35 bits per heavy atom. The topological polar surface area (TPSA) is 72.3 Å². The molecule has 2 aromatic rings. The van der Waals surface area contributed by atoms with Crippen LogP contribution in [0.3, 0.4) is 0 Å². The van der Waals surface area contributed by atoms with E-state index in [0.29, 0.717) is 11.5 Å². The number of furan rings is 1. The first kappa shape index (κ1) is 11.2. The van der Waals surface area contributed by atoms with Gasteiger partial charge in [-0.05, 0) is 19.1 Å². The third-order valence-corrected chi connectivity index (χ3v) is 2.19. The first-order chi connectivity index (χ1) is 8.22. The average molecular weight is 233 g/mol. The summed E-state index contributed by atoms with van der Waals surface area (Å²) in [5.74, 6) is -0.0859. The number of hydrogen-bond donors (Lipinski definition) is 1. The minimum Gasteiger partial charge on any atom is -0.463 e. The average Bonchev–Trinajstić information content (AvgIpc) is 2.82. The van der Waals surface area contributed by atoms with Gasteiger partial charge in [0.25, 0.3) is 0 Å². The van der Waals surface area contributed by atoms with Crippen LogP contribution in [0.15, 0.2) is 39.9 Å². The summed E-state index contributed by atoms with van der Waals surface area (Å²) >= 11 is 0. The van der Waals surface area contributed by atoms with Gasteiger partial charge in [-0.25, -0.2) is 4.79 Å². The molecule has 5 heteroatoms. The zero-order valence-corrected chi connectivity index (χ0v) is 9.23. The van der Waals surface area contributed by atoms with Crippen molar-refractivity contribution >= 4 is 5.97 Å². The van der Waals surface area contributed by atoms with Crippen molar-refractivity contribution in [2.45, 2.75) is 6.92 Å². The molecule has 88 valence electrons. The van der Waals surface area contributed by atoms with Crippen molar-refractivity contribution in [1.29, 1.82) is 0 Å². The maximum absolute atomic E-state index is 11.7. The highest BCUT2D eigenvalue weighted by Gasteiger charge is 2.12. The summed E-state index contributed by atoms with van der Waals surface area (Å²) < 4.78 is 9.89. The standard InChI is InChI=1S/C12H11NO4/c1-2-16-12(15)8-7-13-9(6-10(8)14)11-4-3-5-17-11/h3-7H,2H2,1H3,(H,13,14). The molecule has 0 aliphatic rings. The van der Waals surface area contributed by atoms with E-state index < -0.39 is 11.4 Å². The summed E-state index contributed by atoms with van der Waals surface area (Å²) in [5.41, 5.74) is 0.115. The number of ether oxygens (including phenoxy) is 1. The third-order valence-electron chi connectivity index (χ3n) is 2.19. The normalized spacial score (nSPS) is 10.2. The molecule has 2 aromatic heterocycles. The van der Waals surface area contributed by atoms with Crippen molar-refractivity contribution in [2.75, 3.05) is 6.61 Å². The van der Waals surface area contributed by atoms with E-state index in [1.807, 2.05) is 0 Å². The quantitative estimate of drug-likeness (QED) is 0.820. The molecule has 2 heterocycles. The molecule has 0 spiro atoms. The van der Waals surface area contributed by atoms with Crippen LogP contribution in [0, 0.1) is 0 Å². The van der Waals surface area contributed by atoms with Crippen LogP contribution in [0.5, 0.6) is 0 Å². The SMILES string of the molecule is CCOC(=O)c1c[nH]c(-c2ccco2)cc1=O. The highest BCUT2D eigenvalue weighted by molar-refractivity contribution is 5.89. The van der Waals surface area contributed by atoms with Gasteiger partial charge in [-0.3, -0.25) is 4.79 Å². The predicted octanol–water partition coefficient (Wildman–Crippen LogP) is 1.81. The van der Waals surface area contributed by atoms with E-state index in [-0.39, 0.29) is 12.2 Å². The molecule has 0 saturated carbocycles. The van der Waals surface area contributed by atoms with Crippen molar-refractivity contribution in [2.24, 2.45) is 0 Å². The van der Waals surface area contributed by atoms with Gasteiger partial charge >= 0.3 is 5.97 Å². The number of nitrogens with one attached hydrogen (secondary N) is 1. The van der Waals surface area contributed by atoms with Gasteiger partial charge in [0.1, 0.15) is 11.3 Å². The van der Waals surface area contributed by atoms with Gasteiger partial charge in [0, 0.05) is 12.3 Å². The third kappa shape index (κ3) is 2.28. The molecule has 2 rings (SSSR count). The van der Waals surface area contributed by atoms with Crippen molar-refractivity contribution in [3.05, 3.63) is 46.4 Å². The van der Waals surface area contributed by atoms with E-state index >= 15 is 0 Å². The van der Waals surface area contributed by atoms with Gasteiger partial charge in [-0.2, -0.15) is 0 Å². The molecule has 0 bridgehead atoms. The predicted molar refractivity (Wildman–Crippen MR) is 60.7 cm³/mol. The van der Waals surface area contributed by atoms with E-state index in [0.717, 1.165) is 0 Å². The number of aromatic amines is 1. The molecule has 1 N–H and O–H groups in total. The summed E-state index contributed by atoms with van der Waals surface area (Å²) in [5, 5.41) is 0. The lowest BCUT2D eigenvalue weighted by Crippen LogP contribution is -2.17. The molecule has 0 amide bonds. The van der Waals surface area contributed by atoms with Crippen molar-refractivity contribution < 1.29 is 13.9 Å². The highest BCUT2D eigenvalue weighted by Crippen LogP contribution is 2.15. The lowest BCUT2D eigenvalue weighted by molar-refractivity contribution is 0.0524. The van der Waals surface area contributed by atoms with Crippen LogP contribution >= 0.6 is 0 Å². The van der Waals surface area contributed by atoms with Crippen LogP contribution < -0.4 is 5.43 Å². The van der Waals surface area contributed by atoms with Crippen LogP contribution in [-0.2, 0) is 4.74 Å². The molecule has 0 radical (unpaired) electrons. The Kier molecular flexibility index (Phi) is 3.09. The number of H-pyrrole nitrogens is 1. The molecule has 0 aliphatic carbocycles. The van der Waals surface area contributed by atoms with Crippen LogP contribution in [-0.4, -0.2) is 17.6 Å². The minimum atomic E-state index is -0.625. The van der Waals surface area contributed by atoms with Crippen LogP contribution in [0.2, 0.25) is 0 Å². The molecule has 17 heavy (non-hydrogen) atoms. The molecule has 0 aromatic carbocycles. The molecular weight excluding hydrogens is 222 g/mol. The van der Waals surface area contributed by atoms with Gasteiger partial charge in [0.2, 0.25) is 0 Å². The number of pyridine rings is 1. The fourth-order valence-electron chi connectivity index (χ4n) is 1.41.